The van der Waals surface area contributed by atoms with E-state index in [1.54, 1.807) is 12.1 Å². The van der Waals surface area contributed by atoms with E-state index in [0.717, 1.165) is 10.9 Å². The third-order valence-electron chi connectivity index (χ3n) is 5.70. The molecule has 3 unspecified atom stereocenters. The summed E-state index contributed by atoms with van der Waals surface area (Å²) in [7, 11) is 1.52. The van der Waals surface area contributed by atoms with Gasteiger partial charge >= 0.3 is 5.63 Å². The maximum absolute atomic E-state index is 11.9. The number of benzene rings is 2. The Morgan fingerprint density at radius 1 is 1.12 bits per heavy atom. The third kappa shape index (κ3) is 4.16. The highest BCUT2D eigenvalue weighted by atomic mass is 127. The van der Waals surface area contributed by atoms with Crippen molar-refractivity contribution in [1.82, 2.24) is 0 Å². The van der Waals surface area contributed by atoms with Crippen LogP contribution < -0.4 is 10.9 Å². The van der Waals surface area contributed by atoms with E-state index in [0.29, 0.717) is 14.8 Å². The third-order valence-corrected chi connectivity index (χ3v) is 6.45. The van der Waals surface area contributed by atoms with Gasteiger partial charge in [-0.2, -0.15) is 0 Å². The Kier molecular flexibility index (Phi) is 6.19. The fraction of sp³-hybridized carbons (Fsp3) is 0.348. The highest BCUT2D eigenvalue weighted by Crippen LogP contribution is 2.35. The van der Waals surface area contributed by atoms with E-state index in [1.807, 2.05) is 65.1 Å². The number of rotatable bonds is 4. The average Bonchev–Trinajstić information content (AvgIpc) is 2.82. The molecule has 0 spiro atoms. The normalized spacial score (nSPS) is 30.1. The molecule has 168 valence electrons. The lowest BCUT2D eigenvalue weighted by molar-refractivity contribution is -0.337. The molecule has 2 saturated heterocycles. The number of anilines is 1. The quantitative estimate of drug-likeness (QED) is 0.378. The van der Waals surface area contributed by atoms with E-state index >= 15 is 0 Å². The molecule has 5 rings (SSSR count). The van der Waals surface area contributed by atoms with Gasteiger partial charge in [0.1, 0.15) is 29.9 Å². The van der Waals surface area contributed by atoms with Crippen molar-refractivity contribution < 1.29 is 28.5 Å². The van der Waals surface area contributed by atoms with E-state index in [4.69, 9.17) is 23.4 Å². The molecule has 2 aliphatic heterocycles. The molecule has 9 heteroatoms. The minimum atomic E-state index is -0.937. The van der Waals surface area contributed by atoms with E-state index in [2.05, 4.69) is 5.32 Å². The monoisotopic (exact) mass is 551 g/mol. The van der Waals surface area contributed by atoms with Crippen LogP contribution in [0.3, 0.4) is 0 Å². The van der Waals surface area contributed by atoms with Gasteiger partial charge in [-0.15, -0.1) is 0 Å². The van der Waals surface area contributed by atoms with Crippen molar-refractivity contribution >= 4 is 39.2 Å². The molecule has 2 fully saturated rings. The van der Waals surface area contributed by atoms with Gasteiger partial charge in [0.25, 0.3) is 0 Å². The largest absolute Gasteiger partial charge is 0.422 e. The zero-order chi connectivity index (χ0) is 22.2. The number of hydrogen-bond acceptors (Lipinski definition) is 8. The Bertz CT molecular complexity index is 1150. The number of nitrogens with one attached hydrogen (secondary N) is 1. The van der Waals surface area contributed by atoms with Crippen LogP contribution in [-0.4, -0.2) is 49.5 Å². The van der Waals surface area contributed by atoms with Crippen LogP contribution in [0.2, 0.25) is 0 Å². The van der Waals surface area contributed by atoms with Crippen LogP contribution in [0.25, 0.3) is 11.0 Å². The van der Waals surface area contributed by atoms with E-state index in [1.165, 1.54) is 7.11 Å². The molecule has 3 heterocycles. The molecule has 2 N–H and O–H groups in total. The summed E-state index contributed by atoms with van der Waals surface area (Å²) >= 11 is 1.95. The van der Waals surface area contributed by atoms with Crippen molar-refractivity contribution in [1.29, 1.82) is 0 Å². The zero-order valence-electron chi connectivity index (χ0n) is 17.1. The van der Waals surface area contributed by atoms with Gasteiger partial charge in [-0.3, -0.25) is 0 Å². The Hall–Kier alpha value is -2.02. The first-order valence-corrected chi connectivity index (χ1v) is 11.3. The maximum Gasteiger partial charge on any atom is 0.349 e. The number of halogens is 1. The summed E-state index contributed by atoms with van der Waals surface area (Å²) in [6.45, 7) is 0.271. The van der Waals surface area contributed by atoms with Gasteiger partial charge < -0.3 is 33.8 Å². The molecule has 1 aromatic heterocycles. The van der Waals surface area contributed by atoms with Crippen molar-refractivity contribution in [3.8, 4) is 0 Å². The fourth-order valence-corrected chi connectivity index (χ4v) is 4.54. The molecule has 3 aromatic rings. The molecule has 8 nitrogen and oxygen atoms in total. The topological polar surface area (TPSA) is 99.4 Å². The zero-order valence-corrected chi connectivity index (χ0v) is 19.3. The molecule has 0 bridgehead atoms. The second-order valence-corrected chi connectivity index (χ2v) is 8.91. The SMILES string of the molecule is CO[C@H]1OC2COC(c3ccccc3)O[C@H]2[C@H](O)C1Nc1ccc2cc(I)c(=O)oc2c1. The van der Waals surface area contributed by atoms with Gasteiger partial charge in [-0.1, -0.05) is 30.3 Å². The first-order chi connectivity index (χ1) is 15.5. The summed E-state index contributed by atoms with van der Waals surface area (Å²) in [5.41, 5.74) is 1.58. The van der Waals surface area contributed by atoms with Crippen LogP contribution in [-0.2, 0) is 18.9 Å². The minimum Gasteiger partial charge on any atom is -0.422 e. The van der Waals surface area contributed by atoms with Crippen molar-refractivity contribution in [2.45, 2.75) is 36.9 Å². The van der Waals surface area contributed by atoms with Crippen LogP contribution in [0, 0.1) is 3.57 Å². The van der Waals surface area contributed by atoms with Crippen molar-refractivity contribution in [2.24, 2.45) is 0 Å². The number of fused-ring (bicyclic) bond motifs is 2. The van der Waals surface area contributed by atoms with E-state index in [9.17, 15) is 9.90 Å². The lowest BCUT2D eigenvalue weighted by atomic mass is 9.95. The summed E-state index contributed by atoms with van der Waals surface area (Å²) in [4.78, 5) is 11.9. The van der Waals surface area contributed by atoms with Crippen LogP contribution in [0.5, 0.6) is 0 Å². The number of methoxy groups -OCH3 is 1. The van der Waals surface area contributed by atoms with Crippen LogP contribution >= 0.6 is 22.6 Å². The van der Waals surface area contributed by atoms with Crippen LogP contribution in [0.15, 0.2) is 63.8 Å². The fourth-order valence-electron chi connectivity index (χ4n) is 4.09. The molecule has 0 saturated carbocycles. The molecule has 0 aliphatic carbocycles. The summed E-state index contributed by atoms with van der Waals surface area (Å²) in [6, 6.07) is 16.1. The van der Waals surface area contributed by atoms with Crippen LogP contribution in [0.1, 0.15) is 11.9 Å². The predicted molar refractivity (Wildman–Crippen MR) is 124 cm³/mol. The van der Waals surface area contributed by atoms with E-state index < -0.39 is 42.6 Å². The lowest BCUT2D eigenvalue weighted by Crippen LogP contribution is -2.64. The predicted octanol–water partition coefficient (Wildman–Crippen LogP) is 3.02. The van der Waals surface area contributed by atoms with Gasteiger partial charge in [-0.05, 0) is 40.8 Å². The second-order valence-electron chi connectivity index (χ2n) is 7.75. The Morgan fingerprint density at radius 2 is 1.94 bits per heavy atom. The van der Waals surface area contributed by atoms with Crippen molar-refractivity contribution in [2.75, 3.05) is 19.0 Å². The highest BCUT2D eigenvalue weighted by molar-refractivity contribution is 14.1. The highest BCUT2D eigenvalue weighted by Gasteiger charge is 2.49. The summed E-state index contributed by atoms with van der Waals surface area (Å²) in [5, 5.41) is 15.3. The summed E-state index contributed by atoms with van der Waals surface area (Å²) in [5.74, 6) is 0. The van der Waals surface area contributed by atoms with Gasteiger partial charge in [0.05, 0.1) is 10.2 Å². The van der Waals surface area contributed by atoms with Gasteiger partial charge in [-0.25, -0.2) is 4.79 Å². The number of aliphatic hydroxyl groups is 1. The molecular formula is C23H22INO7. The lowest BCUT2D eigenvalue weighted by Gasteiger charge is -2.47. The van der Waals surface area contributed by atoms with Gasteiger partial charge in [0.2, 0.25) is 0 Å². The summed E-state index contributed by atoms with van der Waals surface area (Å²) in [6.07, 6.45) is -3.34. The Morgan fingerprint density at radius 3 is 2.72 bits per heavy atom. The minimum absolute atomic E-state index is 0.271. The van der Waals surface area contributed by atoms with Crippen molar-refractivity contribution in [3.05, 3.63) is 74.2 Å². The smallest absolute Gasteiger partial charge is 0.349 e. The average molecular weight is 551 g/mol. The molecule has 32 heavy (non-hydrogen) atoms. The maximum atomic E-state index is 11.9. The molecular weight excluding hydrogens is 529 g/mol. The number of ether oxygens (including phenoxy) is 4. The summed E-state index contributed by atoms with van der Waals surface area (Å²) < 4.78 is 29.3. The second kappa shape index (κ2) is 9.08. The first kappa shape index (κ1) is 21.8. The Balaban J connectivity index is 1.39. The van der Waals surface area contributed by atoms with Gasteiger partial charge in [0.15, 0.2) is 12.6 Å². The van der Waals surface area contributed by atoms with Crippen molar-refractivity contribution in [3.63, 3.8) is 0 Å². The molecule has 2 aromatic carbocycles. The molecule has 6 atom stereocenters. The molecule has 0 amide bonds. The van der Waals surface area contributed by atoms with E-state index in [-0.39, 0.29) is 6.61 Å². The number of aliphatic hydroxyl groups excluding tert-OH is 1. The molecule has 0 radical (unpaired) electrons. The Labute approximate surface area is 197 Å². The number of hydrogen-bond donors (Lipinski definition) is 2. The standard InChI is InChI=1S/C23H22INO7/c1-28-23-18(25-14-8-7-13-9-15(24)21(27)30-16(13)10-14)19(26)20-17(31-23)11-29-22(32-20)12-5-3-2-4-6-12/h2-10,17-20,22-23,25-26H,11H2,1H3/t17?,18?,19-,20-,22?,23+/m1/s1. The van der Waals surface area contributed by atoms with Crippen LogP contribution in [0.4, 0.5) is 5.69 Å². The first-order valence-electron chi connectivity index (χ1n) is 10.2. The van der Waals surface area contributed by atoms with Gasteiger partial charge in [0, 0.05) is 29.8 Å². The molecule has 2 aliphatic rings.